The number of hydrogen-bond donors (Lipinski definition) is 2. The van der Waals surface area contributed by atoms with E-state index < -0.39 is 0 Å². The van der Waals surface area contributed by atoms with Gasteiger partial charge in [-0.15, -0.1) is 0 Å². The van der Waals surface area contributed by atoms with Gasteiger partial charge in [0.25, 0.3) is 0 Å². The molecule has 2 rings (SSSR count). The Balaban J connectivity index is 2.04. The summed E-state index contributed by atoms with van der Waals surface area (Å²) in [5.41, 5.74) is 7.22. The lowest BCUT2D eigenvalue weighted by Crippen LogP contribution is -2.34. The minimum atomic E-state index is 0.0489. The van der Waals surface area contributed by atoms with Crippen LogP contribution < -0.4 is 5.73 Å². The van der Waals surface area contributed by atoms with Crippen LogP contribution in [0.5, 0.6) is 0 Å². The van der Waals surface area contributed by atoms with Crippen LogP contribution in [0.4, 0.5) is 0 Å². The lowest BCUT2D eigenvalue weighted by Gasteiger charge is -2.22. The Morgan fingerprint density at radius 3 is 2.90 bits per heavy atom. The van der Waals surface area contributed by atoms with E-state index in [1.807, 2.05) is 12.1 Å². The zero-order valence-electron chi connectivity index (χ0n) is 12.3. The number of aromatic nitrogens is 1. The van der Waals surface area contributed by atoms with E-state index in [1.54, 1.807) is 6.20 Å². The molecule has 1 saturated heterocycles. The van der Waals surface area contributed by atoms with Gasteiger partial charge in [0.2, 0.25) is 0 Å². The Morgan fingerprint density at radius 1 is 1.55 bits per heavy atom. The normalized spacial score (nSPS) is 24.5. The van der Waals surface area contributed by atoms with Gasteiger partial charge in [0, 0.05) is 31.9 Å². The van der Waals surface area contributed by atoms with Crippen LogP contribution in [0.3, 0.4) is 0 Å². The Hall–Kier alpha value is -1.66. The van der Waals surface area contributed by atoms with E-state index in [0.717, 1.165) is 25.2 Å². The van der Waals surface area contributed by atoms with Gasteiger partial charge >= 0.3 is 0 Å². The summed E-state index contributed by atoms with van der Waals surface area (Å²) in [4.78, 5) is 8.82. The summed E-state index contributed by atoms with van der Waals surface area (Å²) in [6, 6.07) is 4.45. The van der Waals surface area contributed by atoms with Crippen molar-refractivity contribution < 1.29 is 5.21 Å². The topological polar surface area (TPSA) is 78.0 Å². The standard InChI is InChI=1S/C14H23N5O/c1-10-7-19(9-13(10)18(2)3)8-11-4-5-16-12(6-11)14(15)17-20/h4-6,10,13,20H,7-9H2,1-3H3,(H2,15,17). The minimum absolute atomic E-state index is 0.0489. The van der Waals surface area contributed by atoms with Gasteiger partial charge in [0.1, 0.15) is 5.69 Å². The molecule has 0 amide bonds. The van der Waals surface area contributed by atoms with E-state index in [9.17, 15) is 0 Å². The number of nitrogens with two attached hydrogens (primary N) is 1. The number of nitrogens with zero attached hydrogens (tertiary/aromatic N) is 4. The average molecular weight is 277 g/mol. The summed E-state index contributed by atoms with van der Waals surface area (Å²) in [6.07, 6.45) is 1.70. The van der Waals surface area contributed by atoms with Crippen LogP contribution in [0.25, 0.3) is 0 Å². The zero-order chi connectivity index (χ0) is 14.7. The summed E-state index contributed by atoms with van der Waals surface area (Å²) in [6.45, 7) is 5.31. The van der Waals surface area contributed by atoms with E-state index in [4.69, 9.17) is 10.9 Å². The summed E-state index contributed by atoms with van der Waals surface area (Å²) in [7, 11) is 4.27. The van der Waals surface area contributed by atoms with Crippen LogP contribution >= 0.6 is 0 Å². The lowest BCUT2D eigenvalue weighted by atomic mass is 10.1. The van der Waals surface area contributed by atoms with Crippen molar-refractivity contribution in [2.45, 2.75) is 19.5 Å². The quantitative estimate of drug-likeness (QED) is 0.364. The monoisotopic (exact) mass is 277 g/mol. The third kappa shape index (κ3) is 3.26. The molecule has 1 aromatic rings. The van der Waals surface area contributed by atoms with E-state index in [1.165, 1.54) is 0 Å². The summed E-state index contributed by atoms with van der Waals surface area (Å²) in [5, 5.41) is 11.7. The first kappa shape index (κ1) is 14.7. The molecule has 0 aromatic carbocycles. The molecule has 0 saturated carbocycles. The molecule has 0 spiro atoms. The van der Waals surface area contributed by atoms with Crippen molar-refractivity contribution in [3.63, 3.8) is 0 Å². The largest absolute Gasteiger partial charge is 0.409 e. The molecule has 20 heavy (non-hydrogen) atoms. The van der Waals surface area contributed by atoms with Gasteiger partial charge < -0.3 is 15.8 Å². The van der Waals surface area contributed by atoms with E-state index in [2.05, 4.69) is 41.0 Å². The van der Waals surface area contributed by atoms with Gasteiger partial charge in [0.05, 0.1) is 0 Å². The number of pyridine rings is 1. The van der Waals surface area contributed by atoms with Crippen LogP contribution in [-0.4, -0.2) is 59.1 Å². The first-order valence-electron chi connectivity index (χ1n) is 6.83. The van der Waals surface area contributed by atoms with Crippen LogP contribution in [-0.2, 0) is 6.54 Å². The molecule has 2 atom stereocenters. The molecule has 1 aliphatic heterocycles. The molecule has 0 radical (unpaired) electrons. The molecule has 0 aliphatic carbocycles. The number of amidine groups is 1. The molecule has 3 N–H and O–H groups in total. The van der Waals surface area contributed by atoms with Crippen LogP contribution in [0.1, 0.15) is 18.2 Å². The fraction of sp³-hybridized carbons (Fsp3) is 0.571. The SMILES string of the molecule is CC1CN(Cc2ccnc(/C(N)=N/O)c2)CC1N(C)C. The Bertz CT molecular complexity index is 488. The molecule has 6 nitrogen and oxygen atoms in total. The fourth-order valence-corrected chi connectivity index (χ4v) is 2.87. The fourth-order valence-electron chi connectivity index (χ4n) is 2.87. The molecule has 1 fully saturated rings. The van der Waals surface area contributed by atoms with Gasteiger partial charge in [-0.3, -0.25) is 9.88 Å². The maximum absolute atomic E-state index is 8.70. The maximum atomic E-state index is 8.70. The van der Waals surface area contributed by atoms with Crippen molar-refractivity contribution in [2.75, 3.05) is 27.2 Å². The van der Waals surface area contributed by atoms with Gasteiger partial charge in [-0.1, -0.05) is 12.1 Å². The van der Waals surface area contributed by atoms with Crippen molar-refractivity contribution in [3.05, 3.63) is 29.6 Å². The number of likely N-dealkylation sites (tertiary alicyclic amines) is 1. The van der Waals surface area contributed by atoms with Crippen LogP contribution in [0.2, 0.25) is 0 Å². The van der Waals surface area contributed by atoms with Crippen molar-refractivity contribution in [1.29, 1.82) is 0 Å². The second kappa shape index (κ2) is 6.19. The second-order valence-corrected chi connectivity index (χ2v) is 5.74. The molecular weight excluding hydrogens is 254 g/mol. The zero-order valence-corrected chi connectivity index (χ0v) is 12.3. The van der Waals surface area contributed by atoms with E-state index >= 15 is 0 Å². The molecule has 110 valence electrons. The summed E-state index contributed by atoms with van der Waals surface area (Å²) >= 11 is 0. The summed E-state index contributed by atoms with van der Waals surface area (Å²) in [5.74, 6) is 0.711. The first-order valence-corrected chi connectivity index (χ1v) is 6.83. The average Bonchev–Trinajstić information content (AvgIpc) is 2.79. The van der Waals surface area contributed by atoms with Crippen LogP contribution in [0, 0.1) is 5.92 Å². The summed E-state index contributed by atoms with van der Waals surface area (Å²) < 4.78 is 0. The highest BCUT2D eigenvalue weighted by Gasteiger charge is 2.30. The van der Waals surface area contributed by atoms with Crippen molar-refractivity contribution in [3.8, 4) is 0 Å². The second-order valence-electron chi connectivity index (χ2n) is 5.74. The Morgan fingerprint density at radius 2 is 2.30 bits per heavy atom. The van der Waals surface area contributed by atoms with Gasteiger partial charge in [-0.25, -0.2) is 0 Å². The molecule has 1 aromatic heterocycles. The highest BCUT2D eigenvalue weighted by molar-refractivity contribution is 5.95. The molecule has 1 aliphatic rings. The lowest BCUT2D eigenvalue weighted by molar-refractivity contribution is 0.250. The minimum Gasteiger partial charge on any atom is -0.409 e. The number of likely N-dealkylation sites (N-methyl/N-ethyl adjacent to an activating group) is 1. The smallest absolute Gasteiger partial charge is 0.188 e. The maximum Gasteiger partial charge on any atom is 0.188 e. The molecule has 0 bridgehead atoms. The molecular formula is C14H23N5O. The first-order chi connectivity index (χ1) is 9.51. The van der Waals surface area contributed by atoms with E-state index in [-0.39, 0.29) is 5.84 Å². The van der Waals surface area contributed by atoms with E-state index in [0.29, 0.717) is 17.7 Å². The third-order valence-corrected chi connectivity index (χ3v) is 3.91. The molecule has 2 unspecified atom stereocenters. The molecule has 2 heterocycles. The van der Waals surface area contributed by atoms with Crippen molar-refractivity contribution in [2.24, 2.45) is 16.8 Å². The number of hydrogen-bond acceptors (Lipinski definition) is 5. The molecule has 6 heteroatoms. The predicted molar refractivity (Wildman–Crippen MR) is 78.7 cm³/mol. The van der Waals surface area contributed by atoms with Gasteiger partial charge in [0.15, 0.2) is 5.84 Å². The highest BCUT2D eigenvalue weighted by atomic mass is 16.4. The van der Waals surface area contributed by atoms with Crippen LogP contribution in [0.15, 0.2) is 23.5 Å². The highest BCUT2D eigenvalue weighted by Crippen LogP contribution is 2.21. The number of oxime groups is 1. The van der Waals surface area contributed by atoms with Crippen molar-refractivity contribution in [1.82, 2.24) is 14.8 Å². The Labute approximate surface area is 119 Å². The Kier molecular flexibility index (Phi) is 4.57. The van der Waals surface area contributed by atoms with Gasteiger partial charge in [-0.2, -0.15) is 0 Å². The predicted octanol–water partition coefficient (Wildman–Crippen LogP) is 0.558. The number of rotatable bonds is 4. The van der Waals surface area contributed by atoms with Gasteiger partial charge in [-0.05, 0) is 37.7 Å². The third-order valence-electron chi connectivity index (χ3n) is 3.91. The van der Waals surface area contributed by atoms with Crippen molar-refractivity contribution >= 4 is 5.84 Å².